The Hall–Kier alpha value is -4.87. The average Bonchev–Trinajstić information content (AvgIpc) is 3.42. The number of hydrogen-bond donors (Lipinski definition) is 3. The Labute approximate surface area is 218 Å². The van der Waals surface area contributed by atoms with Gasteiger partial charge in [0, 0.05) is 24.7 Å². The molecule has 0 bridgehead atoms. The van der Waals surface area contributed by atoms with Crippen molar-refractivity contribution in [3.05, 3.63) is 66.1 Å². The fraction of sp³-hybridized carbons (Fsp3) is 0.269. The molecule has 0 saturated carbocycles. The number of hydrogen-bond acceptors (Lipinski definition) is 9. The molecular weight excluding hydrogens is 490 g/mol. The van der Waals surface area contributed by atoms with Crippen LogP contribution in [0.2, 0.25) is 0 Å². The zero-order valence-corrected chi connectivity index (χ0v) is 20.9. The highest BCUT2D eigenvalue weighted by atomic mass is 16.5. The van der Waals surface area contributed by atoms with E-state index < -0.39 is 5.97 Å². The van der Waals surface area contributed by atoms with Crippen LogP contribution < -0.4 is 25.0 Å². The summed E-state index contributed by atoms with van der Waals surface area (Å²) in [6.07, 6.45) is 5.12. The van der Waals surface area contributed by atoms with Gasteiger partial charge < -0.3 is 30.1 Å². The summed E-state index contributed by atoms with van der Waals surface area (Å²) in [5.41, 5.74) is 2.82. The molecule has 0 aliphatic carbocycles. The van der Waals surface area contributed by atoms with Gasteiger partial charge >= 0.3 is 5.97 Å². The van der Waals surface area contributed by atoms with Gasteiger partial charge in [-0.15, -0.1) is 0 Å². The summed E-state index contributed by atoms with van der Waals surface area (Å²) in [6, 6.07) is 11.4. The van der Waals surface area contributed by atoms with Crippen molar-refractivity contribution in [1.82, 2.24) is 24.9 Å². The molecule has 1 amide bonds. The first-order chi connectivity index (χ1) is 18.4. The predicted octanol–water partition coefficient (Wildman–Crippen LogP) is 2.98. The van der Waals surface area contributed by atoms with Gasteiger partial charge in [-0.3, -0.25) is 4.79 Å². The van der Waals surface area contributed by atoms with E-state index in [1.54, 1.807) is 23.8 Å². The van der Waals surface area contributed by atoms with E-state index in [1.807, 2.05) is 12.3 Å². The zero-order chi connectivity index (χ0) is 26.6. The third-order valence-electron chi connectivity index (χ3n) is 6.38. The molecule has 12 nitrogen and oxygen atoms in total. The minimum absolute atomic E-state index is 0.0780. The molecule has 1 fully saturated rings. The first kappa shape index (κ1) is 24.8. The normalized spacial score (nSPS) is 15.2. The van der Waals surface area contributed by atoms with E-state index in [2.05, 4.69) is 30.6 Å². The number of carbonyl (C=O) groups excluding carboxylic acids is 1. The highest BCUT2D eigenvalue weighted by Gasteiger charge is 2.24. The van der Waals surface area contributed by atoms with Crippen molar-refractivity contribution in [2.24, 2.45) is 0 Å². The van der Waals surface area contributed by atoms with Gasteiger partial charge in [-0.2, -0.15) is 10.1 Å². The van der Waals surface area contributed by atoms with Crippen molar-refractivity contribution in [2.75, 3.05) is 37.5 Å². The van der Waals surface area contributed by atoms with Gasteiger partial charge in [-0.1, -0.05) is 0 Å². The van der Waals surface area contributed by atoms with E-state index in [9.17, 15) is 9.59 Å². The molecule has 38 heavy (non-hydrogen) atoms. The van der Waals surface area contributed by atoms with Crippen LogP contribution in [0, 0.1) is 0 Å². The summed E-state index contributed by atoms with van der Waals surface area (Å²) >= 11 is 0. The highest BCUT2D eigenvalue weighted by Crippen LogP contribution is 2.30. The van der Waals surface area contributed by atoms with Gasteiger partial charge in [0.05, 0.1) is 37.4 Å². The molecule has 196 valence electrons. The molecule has 12 heteroatoms. The summed E-state index contributed by atoms with van der Waals surface area (Å²) in [4.78, 5) is 34.9. The molecule has 3 N–H and O–H groups in total. The first-order valence-electron chi connectivity index (χ1n) is 12.0. The largest absolute Gasteiger partial charge is 0.491 e. The topological polar surface area (TPSA) is 143 Å². The Bertz CT molecular complexity index is 1470. The van der Waals surface area contributed by atoms with Crippen LogP contribution in [0.15, 0.2) is 55.0 Å². The van der Waals surface area contributed by atoms with E-state index in [0.29, 0.717) is 40.9 Å². The number of aromatic nitrogens is 4. The van der Waals surface area contributed by atoms with E-state index in [0.717, 1.165) is 25.1 Å². The number of nitrogens with one attached hydrogen (secondary N) is 2. The number of anilines is 3. The fourth-order valence-corrected chi connectivity index (χ4v) is 4.48. The minimum Gasteiger partial charge on any atom is -0.491 e. The highest BCUT2D eigenvalue weighted by molar-refractivity contribution is 5.96. The van der Waals surface area contributed by atoms with Crippen LogP contribution in [0.4, 0.5) is 17.2 Å². The molecule has 1 aliphatic rings. The second kappa shape index (κ2) is 10.6. The van der Waals surface area contributed by atoms with E-state index in [4.69, 9.17) is 14.6 Å². The molecule has 5 rings (SSSR count). The number of benzene rings is 1. The number of piperidine rings is 1. The Kier molecular flexibility index (Phi) is 6.94. The summed E-state index contributed by atoms with van der Waals surface area (Å²) < 4.78 is 12.3. The SMILES string of the molecule is COc1ccc(Nc2cc(N3CCCC(NC(=O)c4ccc(C(=O)O)cc4)C3)cn3ncnc23)nc1OC. The molecule has 1 atom stereocenters. The Morgan fingerprint density at radius 2 is 1.87 bits per heavy atom. The summed E-state index contributed by atoms with van der Waals surface area (Å²) in [5.74, 6) is 0.182. The van der Waals surface area contributed by atoms with Gasteiger partial charge in [0.2, 0.25) is 0 Å². The number of ether oxygens (including phenoxy) is 2. The number of carboxylic acids is 1. The summed E-state index contributed by atoms with van der Waals surface area (Å²) in [6.45, 7) is 1.42. The molecule has 0 spiro atoms. The van der Waals surface area contributed by atoms with E-state index in [1.165, 1.54) is 37.7 Å². The smallest absolute Gasteiger partial charge is 0.335 e. The van der Waals surface area contributed by atoms with Crippen molar-refractivity contribution in [3.63, 3.8) is 0 Å². The Morgan fingerprint density at radius 1 is 1.08 bits per heavy atom. The lowest BCUT2D eigenvalue weighted by molar-refractivity contribution is 0.0696. The number of rotatable bonds is 8. The standard InChI is InChI=1S/C26H27N7O5/c1-37-21-9-10-22(31-25(21)38-2)30-20-12-19(14-33-23(20)27-15-28-33)32-11-3-4-18(13-32)29-24(34)16-5-7-17(8-6-16)26(35)36/h5-10,12,14-15,18H,3-4,11,13H2,1-2H3,(H,29,34)(H,30,31)(H,35,36). The molecule has 1 aromatic carbocycles. The summed E-state index contributed by atoms with van der Waals surface area (Å²) in [5, 5.41) is 19.8. The lowest BCUT2D eigenvalue weighted by atomic mass is 10.0. The van der Waals surface area contributed by atoms with Crippen LogP contribution in [0.25, 0.3) is 5.65 Å². The molecule has 4 heterocycles. The second-order valence-corrected chi connectivity index (χ2v) is 8.81. The van der Waals surface area contributed by atoms with Gasteiger partial charge in [0.1, 0.15) is 12.1 Å². The zero-order valence-electron chi connectivity index (χ0n) is 20.9. The van der Waals surface area contributed by atoms with Crippen molar-refractivity contribution >= 4 is 34.7 Å². The van der Waals surface area contributed by atoms with Crippen LogP contribution in [0.1, 0.15) is 33.6 Å². The van der Waals surface area contributed by atoms with Gasteiger partial charge in [-0.05, 0) is 55.3 Å². The lowest BCUT2D eigenvalue weighted by Gasteiger charge is -2.35. The summed E-state index contributed by atoms with van der Waals surface area (Å²) in [7, 11) is 3.09. The van der Waals surface area contributed by atoms with Crippen LogP contribution >= 0.6 is 0 Å². The quantitative estimate of drug-likeness (QED) is 0.319. The molecule has 0 radical (unpaired) electrons. The average molecular weight is 518 g/mol. The maximum Gasteiger partial charge on any atom is 0.335 e. The second-order valence-electron chi connectivity index (χ2n) is 8.81. The number of carbonyl (C=O) groups is 2. The van der Waals surface area contributed by atoms with Crippen LogP contribution in [-0.4, -0.2) is 69.9 Å². The van der Waals surface area contributed by atoms with Crippen molar-refractivity contribution in [1.29, 1.82) is 0 Å². The molecule has 1 unspecified atom stereocenters. The molecular formula is C26H27N7O5. The number of aromatic carboxylic acids is 1. The van der Waals surface area contributed by atoms with Gasteiger partial charge in [-0.25, -0.2) is 14.3 Å². The van der Waals surface area contributed by atoms with E-state index in [-0.39, 0.29) is 17.5 Å². The molecule has 1 aliphatic heterocycles. The molecule has 4 aromatic rings. The number of carboxylic acid groups (broad SMARTS) is 1. The Morgan fingerprint density at radius 3 is 2.61 bits per heavy atom. The molecule has 1 saturated heterocycles. The van der Waals surface area contributed by atoms with Crippen molar-refractivity contribution < 1.29 is 24.2 Å². The van der Waals surface area contributed by atoms with Gasteiger partial charge in [0.25, 0.3) is 11.8 Å². The third kappa shape index (κ3) is 5.14. The lowest BCUT2D eigenvalue weighted by Crippen LogP contribution is -2.47. The van der Waals surface area contributed by atoms with Crippen molar-refractivity contribution in [2.45, 2.75) is 18.9 Å². The monoisotopic (exact) mass is 517 g/mol. The van der Waals surface area contributed by atoms with Crippen LogP contribution in [0.3, 0.4) is 0 Å². The molecule has 3 aromatic heterocycles. The predicted molar refractivity (Wildman–Crippen MR) is 140 cm³/mol. The number of amides is 1. The maximum atomic E-state index is 12.8. The minimum atomic E-state index is -1.03. The van der Waals surface area contributed by atoms with E-state index >= 15 is 0 Å². The van der Waals surface area contributed by atoms with Crippen LogP contribution in [0.5, 0.6) is 11.6 Å². The number of pyridine rings is 2. The van der Waals surface area contributed by atoms with Crippen molar-refractivity contribution in [3.8, 4) is 11.6 Å². The van der Waals surface area contributed by atoms with Gasteiger partial charge in [0.15, 0.2) is 11.4 Å². The van der Waals surface area contributed by atoms with Crippen LogP contribution in [-0.2, 0) is 0 Å². The number of nitrogens with zero attached hydrogens (tertiary/aromatic N) is 5. The number of methoxy groups -OCH3 is 2. The maximum absolute atomic E-state index is 12.8. The Balaban J connectivity index is 1.34. The number of fused-ring (bicyclic) bond motifs is 1. The third-order valence-corrected chi connectivity index (χ3v) is 6.38. The fourth-order valence-electron chi connectivity index (χ4n) is 4.48. The first-order valence-corrected chi connectivity index (χ1v) is 12.0.